The quantitative estimate of drug-likeness (QED) is 0.414. The van der Waals surface area contributed by atoms with E-state index >= 15 is 0 Å². The summed E-state index contributed by atoms with van der Waals surface area (Å²) in [4.78, 5) is 35.1. The number of hydrogen-bond donors (Lipinski definition) is 2. The zero-order valence-corrected chi connectivity index (χ0v) is 19.1. The number of nitrogens with one attached hydrogen (secondary N) is 2. The molecule has 0 aliphatic carbocycles. The molecule has 0 radical (unpaired) electrons. The second kappa shape index (κ2) is 10.8. The lowest BCUT2D eigenvalue weighted by Gasteiger charge is -2.09. The van der Waals surface area contributed by atoms with Gasteiger partial charge in [-0.05, 0) is 42.5 Å². The van der Waals surface area contributed by atoms with E-state index in [-0.39, 0.29) is 14.9 Å². The Morgan fingerprint density at radius 3 is 2.33 bits per heavy atom. The molecule has 0 spiro atoms. The van der Waals surface area contributed by atoms with E-state index < -0.39 is 46.4 Å². The molecule has 0 fully saturated rings. The predicted octanol–water partition coefficient (Wildman–Crippen LogP) is 2.92. The summed E-state index contributed by atoms with van der Waals surface area (Å²) < 4.78 is 30.1. The van der Waals surface area contributed by atoms with Gasteiger partial charge in [0.1, 0.15) is 0 Å². The van der Waals surface area contributed by atoms with Crippen LogP contribution in [0.4, 0.5) is 0 Å². The summed E-state index contributed by atoms with van der Waals surface area (Å²) >= 11 is 14.9. The van der Waals surface area contributed by atoms with Crippen molar-refractivity contribution in [1.82, 2.24) is 10.9 Å². The normalized spacial score (nSPS) is 10.9. The first-order chi connectivity index (χ1) is 14.1. The van der Waals surface area contributed by atoms with E-state index in [9.17, 15) is 22.8 Å². The molecule has 2 N–H and O–H groups in total. The van der Waals surface area contributed by atoms with Gasteiger partial charge in [0.15, 0.2) is 16.4 Å². The van der Waals surface area contributed by atoms with E-state index in [2.05, 4.69) is 26.8 Å². The molecule has 2 rings (SSSR count). The van der Waals surface area contributed by atoms with Crippen molar-refractivity contribution in [3.63, 3.8) is 0 Å². The lowest BCUT2D eigenvalue weighted by atomic mass is 10.2. The maximum atomic E-state index is 12.3. The Morgan fingerprint density at radius 1 is 1.00 bits per heavy atom. The highest BCUT2D eigenvalue weighted by molar-refractivity contribution is 9.10. The molecule has 160 valence electrons. The summed E-state index contributed by atoms with van der Waals surface area (Å²) in [5.74, 6) is -2.85. The van der Waals surface area contributed by atoms with Crippen LogP contribution in [0.2, 0.25) is 10.0 Å². The van der Waals surface area contributed by atoms with Crippen LogP contribution in [-0.4, -0.2) is 38.6 Å². The maximum Gasteiger partial charge on any atom is 0.307 e. The number of benzene rings is 2. The Labute approximate surface area is 190 Å². The van der Waals surface area contributed by atoms with Crippen LogP contribution in [0.5, 0.6) is 0 Å². The average Bonchev–Trinajstić information content (AvgIpc) is 2.71. The molecule has 2 aromatic rings. The van der Waals surface area contributed by atoms with Crippen LogP contribution < -0.4 is 10.9 Å². The molecule has 2 aromatic carbocycles. The molecule has 0 aromatic heterocycles. The van der Waals surface area contributed by atoms with Gasteiger partial charge in [0.05, 0.1) is 22.1 Å². The smallest absolute Gasteiger partial charge is 0.307 e. The van der Waals surface area contributed by atoms with Gasteiger partial charge < -0.3 is 4.74 Å². The van der Waals surface area contributed by atoms with Gasteiger partial charge in [0.25, 0.3) is 11.8 Å². The van der Waals surface area contributed by atoms with Crippen LogP contribution in [0, 0.1) is 0 Å². The molecule has 0 saturated carbocycles. The van der Waals surface area contributed by atoms with Gasteiger partial charge in [0, 0.05) is 15.1 Å². The summed E-state index contributed by atoms with van der Waals surface area (Å²) in [6.45, 7) is -0.697. The van der Waals surface area contributed by atoms with Crippen LogP contribution in [-0.2, 0) is 24.2 Å². The molecule has 0 aliphatic rings. The van der Waals surface area contributed by atoms with E-state index in [1.807, 2.05) is 0 Å². The first kappa shape index (κ1) is 24.1. The maximum absolute atomic E-state index is 12.3. The largest absolute Gasteiger partial charge is 0.455 e. The minimum atomic E-state index is -3.88. The standard InChI is InChI=1S/C18H15BrCl2N2O6S/c19-12-3-1-11(2-4-12)18(26)23-22-16(24)10-29-17(25)7-8-30(27,28)15-9-13(20)5-6-14(15)21/h1-6,9H,7-8,10H2,(H,22,24)(H,23,26). The Balaban J connectivity index is 1.77. The number of esters is 1. The predicted molar refractivity (Wildman–Crippen MR) is 114 cm³/mol. The fourth-order valence-corrected chi connectivity index (χ4v) is 4.40. The lowest BCUT2D eigenvalue weighted by molar-refractivity contribution is -0.148. The first-order valence-electron chi connectivity index (χ1n) is 8.26. The van der Waals surface area contributed by atoms with Crippen LogP contribution in [0.15, 0.2) is 51.8 Å². The van der Waals surface area contributed by atoms with Crippen molar-refractivity contribution in [3.8, 4) is 0 Å². The zero-order chi connectivity index (χ0) is 22.3. The van der Waals surface area contributed by atoms with Crippen molar-refractivity contribution in [2.24, 2.45) is 0 Å². The SMILES string of the molecule is O=C(COC(=O)CCS(=O)(=O)c1cc(Cl)ccc1Cl)NNC(=O)c1ccc(Br)cc1. The van der Waals surface area contributed by atoms with E-state index in [0.717, 1.165) is 4.47 Å². The summed E-state index contributed by atoms with van der Waals surface area (Å²) in [6.07, 6.45) is -0.496. The number of hydrogen-bond acceptors (Lipinski definition) is 6. The molecule has 0 aliphatic heterocycles. The van der Waals surface area contributed by atoms with Crippen molar-refractivity contribution in [2.45, 2.75) is 11.3 Å². The highest BCUT2D eigenvalue weighted by Crippen LogP contribution is 2.26. The Morgan fingerprint density at radius 2 is 1.67 bits per heavy atom. The minimum Gasteiger partial charge on any atom is -0.455 e. The van der Waals surface area contributed by atoms with E-state index in [1.54, 1.807) is 12.1 Å². The summed E-state index contributed by atoms with van der Waals surface area (Å²) in [5, 5.41) is 0.163. The van der Waals surface area contributed by atoms with Crippen LogP contribution in [0.3, 0.4) is 0 Å². The number of carbonyl (C=O) groups excluding carboxylic acids is 3. The van der Waals surface area contributed by atoms with E-state index in [0.29, 0.717) is 5.56 Å². The number of amides is 2. The lowest BCUT2D eigenvalue weighted by Crippen LogP contribution is -2.43. The third-order valence-electron chi connectivity index (χ3n) is 3.59. The monoisotopic (exact) mass is 536 g/mol. The number of hydrazine groups is 1. The number of sulfone groups is 1. The number of halogens is 3. The molecule has 30 heavy (non-hydrogen) atoms. The van der Waals surface area contributed by atoms with Crippen LogP contribution in [0.25, 0.3) is 0 Å². The molecular formula is C18H15BrCl2N2O6S. The van der Waals surface area contributed by atoms with Gasteiger partial charge in [-0.1, -0.05) is 39.1 Å². The molecule has 0 unspecified atom stereocenters. The fourth-order valence-electron chi connectivity index (χ4n) is 2.10. The Bertz CT molecular complexity index is 1060. The Hall–Kier alpha value is -2.14. The van der Waals surface area contributed by atoms with Gasteiger partial charge in [-0.25, -0.2) is 8.42 Å². The van der Waals surface area contributed by atoms with Gasteiger partial charge >= 0.3 is 5.97 Å². The van der Waals surface area contributed by atoms with Gasteiger partial charge in [-0.2, -0.15) is 0 Å². The third-order valence-corrected chi connectivity index (χ3v) is 6.54. The van der Waals surface area contributed by atoms with Gasteiger partial charge in [-0.3, -0.25) is 25.2 Å². The number of rotatable bonds is 7. The third kappa shape index (κ3) is 7.28. The molecule has 0 atom stereocenters. The summed E-state index contributed by atoms with van der Waals surface area (Å²) in [7, 11) is -3.88. The molecule has 12 heteroatoms. The van der Waals surface area contributed by atoms with Gasteiger partial charge in [0.2, 0.25) is 0 Å². The van der Waals surface area contributed by atoms with Gasteiger partial charge in [-0.15, -0.1) is 0 Å². The van der Waals surface area contributed by atoms with Crippen molar-refractivity contribution >= 4 is 66.8 Å². The van der Waals surface area contributed by atoms with Crippen LogP contribution in [0.1, 0.15) is 16.8 Å². The second-order valence-corrected chi connectivity index (χ2v) is 9.65. The molecule has 2 amide bonds. The van der Waals surface area contributed by atoms with Crippen molar-refractivity contribution < 1.29 is 27.5 Å². The zero-order valence-electron chi connectivity index (χ0n) is 15.2. The minimum absolute atomic E-state index is 0.0198. The van der Waals surface area contributed by atoms with Crippen molar-refractivity contribution in [2.75, 3.05) is 12.4 Å². The Kier molecular flexibility index (Phi) is 8.65. The molecular weight excluding hydrogens is 523 g/mol. The summed E-state index contributed by atoms with van der Waals surface area (Å²) in [6, 6.07) is 10.3. The molecule has 0 bridgehead atoms. The number of carbonyl (C=O) groups is 3. The highest BCUT2D eigenvalue weighted by Gasteiger charge is 2.21. The van der Waals surface area contributed by atoms with E-state index in [4.69, 9.17) is 27.9 Å². The summed E-state index contributed by atoms with van der Waals surface area (Å²) in [5.41, 5.74) is 4.55. The second-order valence-electron chi connectivity index (χ2n) is 5.81. The van der Waals surface area contributed by atoms with Crippen LogP contribution >= 0.6 is 39.1 Å². The number of ether oxygens (including phenoxy) is 1. The fraction of sp³-hybridized carbons (Fsp3) is 0.167. The highest BCUT2D eigenvalue weighted by atomic mass is 79.9. The average molecular weight is 538 g/mol. The van der Waals surface area contributed by atoms with Crippen molar-refractivity contribution in [3.05, 3.63) is 62.5 Å². The molecule has 0 saturated heterocycles. The molecule has 0 heterocycles. The van der Waals surface area contributed by atoms with E-state index in [1.165, 1.54) is 30.3 Å². The topological polar surface area (TPSA) is 119 Å². The molecule has 8 nitrogen and oxygen atoms in total. The van der Waals surface area contributed by atoms with Crippen molar-refractivity contribution in [1.29, 1.82) is 0 Å². The first-order valence-corrected chi connectivity index (χ1v) is 11.5.